The van der Waals surface area contributed by atoms with E-state index in [0.717, 1.165) is 12.8 Å². The van der Waals surface area contributed by atoms with E-state index in [1.807, 2.05) is 5.38 Å². The Morgan fingerprint density at radius 1 is 1.45 bits per heavy atom. The van der Waals surface area contributed by atoms with Crippen molar-refractivity contribution in [3.05, 3.63) is 22.4 Å². The molecule has 6 nitrogen and oxygen atoms in total. The smallest absolute Gasteiger partial charge is 0.308 e. The highest BCUT2D eigenvalue weighted by Gasteiger charge is 2.34. The maximum absolute atomic E-state index is 12.2. The summed E-state index contributed by atoms with van der Waals surface area (Å²) in [6.45, 7) is 2.10. The number of carbonyl (C=O) groups is 3. The Kier molecular flexibility index (Phi) is 5.54. The number of nitrogens with zero attached hydrogens (tertiary/aromatic N) is 1. The summed E-state index contributed by atoms with van der Waals surface area (Å²) >= 11 is 1.35. The third kappa shape index (κ3) is 4.56. The van der Waals surface area contributed by atoms with Crippen LogP contribution in [0, 0.1) is 5.92 Å². The van der Waals surface area contributed by atoms with Gasteiger partial charge < -0.3 is 15.3 Å². The zero-order valence-corrected chi connectivity index (χ0v) is 13.3. The number of amides is 2. The third-order valence-corrected chi connectivity index (χ3v) is 4.44. The van der Waals surface area contributed by atoms with Crippen LogP contribution in [0.1, 0.15) is 35.9 Å². The Labute approximate surface area is 133 Å². The molecule has 1 aliphatic rings. The molecule has 1 heterocycles. The van der Waals surface area contributed by atoms with Crippen LogP contribution in [0.5, 0.6) is 0 Å². The van der Waals surface area contributed by atoms with Crippen LogP contribution >= 0.6 is 11.3 Å². The first-order valence-corrected chi connectivity index (χ1v) is 8.21. The molecule has 1 atom stereocenters. The van der Waals surface area contributed by atoms with Crippen molar-refractivity contribution in [3.8, 4) is 0 Å². The molecule has 1 aromatic heterocycles. The Morgan fingerprint density at radius 3 is 2.73 bits per heavy atom. The van der Waals surface area contributed by atoms with Gasteiger partial charge in [0.15, 0.2) is 0 Å². The number of aliphatic carboxylic acids is 1. The van der Waals surface area contributed by atoms with Gasteiger partial charge in [-0.2, -0.15) is 0 Å². The summed E-state index contributed by atoms with van der Waals surface area (Å²) < 4.78 is 0. The monoisotopic (exact) mass is 324 g/mol. The molecule has 1 saturated carbocycles. The predicted octanol–water partition coefficient (Wildman–Crippen LogP) is 1.58. The molecule has 0 radical (unpaired) electrons. The number of carboxylic acid groups (broad SMARTS) is 1. The maximum Gasteiger partial charge on any atom is 0.308 e. The fourth-order valence-corrected chi connectivity index (χ4v) is 2.78. The largest absolute Gasteiger partial charge is 0.481 e. The SMILES string of the molecule is CC(CN(C(=O)CCNC(=O)c1cccs1)C1CC1)C(=O)O. The van der Waals surface area contributed by atoms with E-state index in [0.29, 0.717) is 4.88 Å². The topological polar surface area (TPSA) is 86.7 Å². The van der Waals surface area contributed by atoms with Crippen LogP contribution in [-0.4, -0.2) is 46.9 Å². The summed E-state index contributed by atoms with van der Waals surface area (Å²) in [4.78, 5) is 37.2. The normalized spacial score (nSPS) is 15.1. The van der Waals surface area contributed by atoms with Gasteiger partial charge >= 0.3 is 5.97 Å². The minimum atomic E-state index is -0.899. The van der Waals surface area contributed by atoms with E-state index >= 15 is 0 Å². The molecule has 120 valence electrons. The first kappa shape index (κ1) is 16.5. The predicted molar refractivity (Wildman–Crippen MR) is 82.8 cm³/mol. The van der Waals surface area contributed by atoms with Crippen molar-refractivity contribution in [1.29, 1.82) is 0 Å². The minimum absolute atomic E-state index is 0.0953. The van der Waals surface area contributed by atoms with Gasteiger partial charge in [0.25, 0.3) is 5.91 Å². The third-order valence-electron chi connectivity index (χ3n) is 3.57. The molecule has 1 unspecified atom stereocenters. The standard InChI is InChI=1S/C15H20N2O4S/c1-10(15(20)21)9-17(11-4-5-11)13(18)6-7-16-14(19)12-3-2-8-22-12/h2-3,8,10-11H,4-7,9H2,1H3,(H,16,19)(H,20,21). The number of hydrogen-bond donors (Lipinski definition) is 2. The Hall–Kier alpha value is -1.89. The van der Waals surface area contributed by atoms with Crippen LogP contribution in [0.15, 0.2) is 17.5 Å². The van der Waals surface area contributed by atoms with Crippen LogP contribution in [0.25, 0.3) is 0 Å². The molecule has 0 aliphatic heterocycles. The van der Waals surface area contributed by atoms with Crippen LogP contribution < -0.4 is 5.32 Å². The lowest BCUT2D eigenvalue weighted by molar-refractivity contribution is -0.143. The first-order valence-electron chi connectivity index (χ1n) is 7.33. The number of nitrogens with one attached hydrogen (secondary N) is 1. The number of carboxylic acids is 1. The zero-order valence-electron chi connectivity index (χ0n) is 12.4. The van der Waals surface area contributed by atoms with Gasteiger partial charge in [-0.05, 0) is 24.3 Å². The highest BCUT2D eigenvalue weighted by Crippen LogP contribution is 2.28. The molecule has 0 spiro atoms. The summed E-state index contributed by atoms with van der Waals surface area (Å²) in [5, 5.41) is 13.5. The van der Waals surface area contributed by atoms with Crippen LogP contribution in [-0.2, 0) is 9.59 Å². The quantitative estimate of drug-likeness (QED) is 0.760. The van der Waals surface area contributed by atoms with Crippen molar-refractivity contribution in [2.75, 3.05) is 13.1 Å². The summed E-state index contributed by atoms with van der Waals surface area (Å²) in [6, 6.07) is 3.70. The maximum atomic E-state index is 12.2. The summed E-state index contributed by atoms with van der Waals surface area (Å²) in [7, 11) is 0. The lowest BCUT2D eigenvalue weighted by Gasteiger charge is -2.24. The highest BCUT2D eigenvalue weighted by atomic mass is 32.1. The van der Waals surface area contributed by atoms with Gasteiger partial charge in [0.05, 0.1) is 10.8 Å². The van der Waals surface area contributed by atoms with E-state index in [2.05, 4.69) is 5.32 Å². The van der Waals surface area contributed by atoms with Gasteiger partial charge in [-0.25, -0.2) is 0 Å². The van der Waals surface area contributed by atoms with Crippen LogP contribution in [0.3, 0.4) is 0 Å². The second-order valence-electron chi connectivity index (χ2n) is 5.50. The summed E-state index contributed by atoms with van der Waals surface area (Å²) in [5.74, 6) is -1.75. The van der Waals surface area contributed by atoms with Crippen LogP contribution in [0.2, 0.25) is 0 Å². The van der Waals surface area contributed by atoms with Gasteiger partial charge in [-0.1, -0.05) is 13.0 Å². The number of thiophene rings is 1. The van der Waals surface area contributed by atoms with Crippen LogP contribution in [0.4, 0.5) is 0 Å². The summed E-state index contributed by atoms with van der Waals surface area (Å²) in [6.07, 6.45) is 2.05. The lowest BCUT2D eigenvalue weighted by atomic mass is 10.1. The van der Waals surface area contributed by atoms with E-state index < -0.39 is 11.9 Å². The number of hydrogen-bond acceptors (Lipinski definition) is 4. The Bertz CT molecular complexity index is 540. The molecular formula is C15H20N2O4S. The Morgan fingerprint density at radius 2 is 2.18 bits per heavy atom. The molecule has 1 fully saturated rings. The fraction of sp³-hybridized carbons (Fsp3) is 0.533. The van der Waals surface area contributed by atoms with Gasteiger partial charge in [-0.3, -0.25) is 14.4 Å². The van der Waals surface area contributed by atoms with E-state index in [9.17, 15) is 14.4 Å². The second kappa shape index (κ2) is 7.40. The Balaban J connectivity index is 1.79. The van der Waals surface area contributed by atoms with Crippen molar-refractivity contribution in [3.63, 3.8) is 0 Å². The van der Waals surface area contributed by atoms with Gasteiger partial charge in [0.1, 0.15) is 0 Å². The fourth-order valence-electron chi connectivity index (χ4n) is 2.14. The molecular weight excluding hydrogens is 304 g/mol. The first-order chi connectivity index (χ1) is 10.5. The van der Waals surface area contributed by atoms with Crippen molar-refractivity contribution >= 4 is 29.1 Å². The number of rotatable bonds is 8. The van der Waals surface area contributed by atoms with E-state index in [1.54, 1.807) is 24.0 Å². The molecule has 2 rings (SSSR count). The molecule has 0 bridgehead atoms. The van der Waals surface area contributed by atoms with E-state index in [4.69, 9.17) is 5.11 Å². The van der Waals surface area contributed by atoms with Crippen molar-refractivity contribution in [2.24, 2.45) is 5.92 Å². The van der Waals surface area contributed by atoms with Crippen molar-refractivity contribution < 1.29 is 19.5 Å². The molecule has 2 amide bonds. The molecule has 0 aromatic carbocycles. The molecule has 22 heavy (non-hydrogen) atoms. The second-order valence-corrected chi connectivity index (χ2v) is 6.45. The van der Waals surface area contributed by atoms with Crippen molar-refractivity contribution in [1.82, 2.24) is 10.2 Å². The van der Waals surface area contributed by atoms with Gasteiger partial charge in [-0.15, -0.1) is 11.3 Å². The summed E-state index contributed by atoms with van der Waals surface area (Å²) in [5.41, 5.74) is 0. The molecule has 1 aromatic rings. The van der Waals surface area contributed by atoms with Gasteiger partial charge in [0, 0.05) is 25.6 Å². The average molecular weight is 324 g/mol. The molecule has 2 N–H and O–H groups in total. The van der Waals surface area contributed by atoms with Crippen molar-refractivity contribution in [2.45, 2.75) is 32.2 Å². The zero-order chi connectivity index (χ0) is 16.1. The molecule has 0 saturated heterocycles. The molecule has 1 aliphatic carbocycles. The highest BCUT2D eigenvalue weighted by molar-refractivity contribution is 7.12. The number of carbonyl (C=O) groups excluding carboxylic acids is 2. The lowest BCUT2D eigenvalue weighted by Crippen LogP contribution is -2.40. The van der Waals surface area contributed by atoms with Gasteiger partial charge in [0.2, 0.25) is 5.91 Å². The average Bonchev–Trinajstić information content (AvgIpc) is 3.16. The van der Waals surface area contributed by atoms with E-state index in [1.165, 1.54) is 11.3 Å². The minimum Gasteiger partial charge on any atom is -0.481 e. The van der Waals surface area contributed by atoms with E-state index in [-0.39, 0.29) is 37.4 Å². The molecule has 7 heteroatoms.